The number of aliphatic hydroxyl groups is 10. The molecule has 274 valence electrons. The van der Waals surface area contributed by atoms with E-state index in [1.807, 2.05) is 0 Å². The van der Waals surface area contributed by atoms with Crippen molar-refractivity contribution in [1.82, 2.24) is 9.66 Å². The highest BCUT2D eigenvalue weighted by Gasteiger charge is 2.52. The smallest absolute Gasteiger partial charge is 0.229 e. The summed E-state index contributed by atoms with van der Waals surface area (Å²) in [4.78, 5) is 23.4. The first-order chi connectivity index (χ1) is 22.3. The molecule has 3 aliphatic heterocycles. The van der Waals surface area contributed by atoms with Crippen molar-refractivity contribution >= 4 is 28.0 Å². The summed E-state index contributed by atoms with van der Waals surface area (Å²) in [5.41, 5.74) is 0. The molecule has 2 amide bonds. The highest BCUT2D eigenvalue weighted by atomic mass is 79.9. The van der Waals surface area contributed by atoms with Gasteiger partial charge in [-0.05, 0) is 12.8 Å². The fourth-order valence-corrected chi connectivity index (χ4v) is 5.34. The predicted octanol–water partition coefficient (Wildman–Crippen LogP) is -6.45. The normalized spacial score (nSPS) is 41.0. The number of carbonyl (C=O) groups excluding carboxylic acids is 2. The van der Waals surface area contributed by atoms with E-state index in [0.717, 1.165) is 0 Å². The van der Waals surface area contributed by atoms with E-state index in [9.17, 15) is 60.7 Å². The second-order valence-electron chi connectivity index (χ2n) is 11.3. The molecule has 0 bridgehead atoms. The third-order valence-electron chi connectivity index (χ3n) is 7.92. The maximum Gasteiger partial charge on any atom is 0.229 e. The van der Waals surface area contributed by atoms with Crippen LogP contribution in [0, 0.1) is 0 Å². The van der Waals surface area contributed by atoms with Gasteiger partial charge in [0.25, 0.3) is 0 Å². The minimum absolute atomic E-state index is 0.0415. The average Bonchev–Trinajstić information content (AvgIpc) is 3.06. The molecule has 0 radical (unpaired) electrons. The molecule has 20 nitrogen and oxygen atoms in total. The maximum atomic E-state index is 12.1. The Hall–Kier alpha value is -1.22. The van der Waals surface area contributed by atoms with E-state index >= 15 is 0 Å². The molecule has 0 saturated carbocycles. The summed E-state index contributed by atoms with van der Waals surface area (Å²) in [5.74, 6) is -0.552. The third kappa shape index (κ3) is 10.6. The van der Waals surface area contributed by atoms with Gasteiger partial charge in [-0.1, -0.05) is 0 Å². The standard InChI is InChI=1S/C26H45BrN2O18/c27-29-14(33)4-2-1-3-13(32)28-5-6-42-25-22(41)23(47-26-21(40)19(38)16(35)11(8-31)45-26)17(36)12(46-25)9-43-24-20(39)18(37)15(34)10(7-30)44-24/h10-12,15-26,30-31,34-41H,1-9H2,(H,28,32)(H,29,33)/t10-,11-,12-,15-,16-,17-,18+,19+,20+,21+,22+,23+,24+,25+,26-/m1/s1. The quantitative estimate of drug-likeness (QED) is 0.0515. The zero-order chi connectivity index (χ0) is 34.8. The first-order valence-electron chi connectivity index (χ1n) is 15.0. The number of hydrogen-bond donors (Lipinski definition) is 12. The monoisotopic (exact) mass is 752 g/mol. The molecule has 0 unspecified atom stereocenters. The van der Waals surface area contributed by atoms with Gasteiger partial charge < -0.3 is 84.8 Å². The molecule has 3 rings (SSSR count). The van der Waals surface area contributed by atoms with E-state index in [1.165, 1.54) is 0 Å². The minimum atomic E-state index is -1.89. The average molecular weight is 754 g/mol. The molecule has 3 saturated heterocycles. The van der Waals surface area contributed by atoms with E-state index in [2.05, 4.69) is 25.8 Å². The molecule has 15 atom stereocenters. The van der Waals surface area contributed by atoms with Gasteiger partial charge >= 0.3 is 0 Å². The Bertz CT molecular complexity index is 969. The van der Waals surface area contributed by atoms with Gasteiger partial charge in [0, 0.05) is 35.5 Å². The van der Waals surface area contributed by atoms with Crippen molar-refractivity contribution < 1.29 is 89.1 Å². The summed E-state index contributed by atoms with van der Waals surface area (Å²) in [7, 11) is 0. The molecule has 0 aromatic heterocycles. The Labute approximate surface area is 277 Å². The van der Waals surface area contributed by atoms with E-state index in [0.29, 0.717) is 12.8 Å². The fourth-order valence-electron chi connectivity index (χ4n) is 5.14. The minimum Gasteiger partial charge on any atom is -0.394 e. The molecule has 3 fully saturated rings. The molecule has 12 N–H and O–H groups in total. The molecule has 21 heteroatoms. The van der Waals surface area contributed by atoms with E-state index < -0.39 is 112 Å². The number of halogens is 1. The van der Waals surface area contributed by atoms with Crippen molar-refractivity contribution in [3.8, 4) is 0 Å². The first kappa shape index (κ1) is 40.2. The number of amides is 2. The molecule has 47 heavy (non-hydrogen) atoms. The second-order valence-corrected chi connectivity index (χ2v) is 11.7. The largest absolute Gasteiger partial charge is 0.394 e. The van der Waals surface area contributed by atoms with Crippen LogP contribution in [0.3, 0.4) is 0 Å². The van der Waals surface area contributed by atoms with Crippen molar-refractivity contribution in [2.75, 3.05) is 33.0 Å². The topological polar surface area (TPSA) is 316 Å². The van der Waals surface area contributed by atoms with Gasteiger partial charge in [0.05, 0.1) is 26.4 Å². The van der Waals surface area contributed by atoms with Crippen LogP contribution in [0.5, 0.6) is 0 Å². The molecule has 0 aliphatic carbocycles. The Kier molecular flexibility index (Phi) is 16.5. The number of nitrogens with one attached hydrogen (secondary N) is 2. The highest BCUT2D eigenvalue weighted by molar-refractivity contribution is 9.08. The SMILES string of the molecule is O=C(CCCCC(=O)NCCO[C@H]1O[C@H](CO[C@H]2O[C@H](CO)[C@@H](O)[C@H](O)[C@@H]2O)[C@@H](O)[C@H](O[C@H]2O[C@H](CO)[C@@H](O)[C@H](O)[C@@H]2O)[C@@H]1O)NBr. The summed E-state index contributed by atoms with van der Waals surface area (Å²) >= 11 is 2.82. The second kappa shape index (κ2) is 19.2. The highest BCUT2D eigenvalue weighted by Crippen LogP contribution is 2.31. The maximum absolute atomic E-state index is 12.1. The van der Waals surface area contributed by atoms with Crippen molar-refractivity contribution in [1.29, 1.82) is 0 Å². The first-order valence-corrected chi connectivity index (χ1v) is 15.8. The van der Waals surface area contributed by atoms with E-state index in [-0.39, 0.29) is 37.8 Å². The summed E-state index contributed by atoms with van der Waals surface area (Å²) in [6.45, 7) is -2.38. The Balaban J connectivity index is 1.65. The molecule has 3 heterocycles. The number of ether oxygens (including phenoxy) is 6. The number of hydrogen-bond acceptors (Lipinski definition) is 18. The van der Waals surface area contributed by atoms with Crippen LogP contribution in [-0.2, 0) is 38.0 Å². The lowest BCUT2D eigenvalue weighted by Crippen LogP contribution is -2.65. The zero-order valence-corrected chi connectivity index (χ0v) is 26.7. The van der Waals surface area contributed by atoms with Crippen LogP contribution in [-0.4, -0.2) is 188 Å². The Morgan fingerprint density at radius 1 is 0.617 bits per heavy atom. The molecule has 0 spiro atoms. The van der Waals surface area contributed by atoms with Crippen LogP contribution >= 0.6 is 16.1 Å². The number of aliphatic hydroxyl groups excluding tert-OH is 10. The van der Waals surface area contributed by atoms with Crippen LogP contribution in [0.25, 0.3) is 0 Å². The molecular weight excluding hydrogens is 708 g/mol. The van der Waals surface area contributed by atoms with E-state index in [4.69, 9.17) is 28.4 Å². The van der Waals surface area contributed by atoms with Crippen molar-refractivity contribution in [3.63, 3.8) is 0 Å². The van der Waals surface area contributed by atoms with Gasteiger partial charge in [-0.3, -0.25) is 13.9 Å². The Morgan fingerprint density at radius 2 is 1.13 bits per heavy atom. The zero-order valence-electron chi connectivity index (χ0n) is 25.1. The molecule has 3 aliphatic rings. The summed E-state index contributed by atoms with van der Waals surface area (Å²) in [5, 5.41) is 105. The molecule has 0 aromatic rings. The lowest BCUT2D eigenvalue weighted by atomic mass is 9.96. The van der Waals surface area contributed by atoms with Gasteiger partial charge in [0.15, 0.2) is 18.9 Å². The van der Waals surface area contributed by atoms with E-state index in [1.54, 1.807) is 0 Å². The fraction of sp³-hybridized carbons (Fsp3) is 0.923. The number of rotatable bonds is 16. The lowest BCUT2D eigenvalue weighted by molar-refractivity contribution is -0.366. The van der Waals surface area contributed by atoms with Crippen LogP contribution in [0.1, 0.15) is 25.7 Å². The predicted molar refractivity (Wildman–Crippen MR) is 154 cm³/mol. The van der Waals surface area contributed by atoms with Gasteiger partial charge in [-0.15, -0.1) is 0 Å². The van der Waals surface area contributed by atoms with Gasteiger partial charge in [-0.2, -0.15) is 0 Å². The third-order valence-corrected chi connectivity index (χ3v) is 8.37. The molecule has 0 aromatic carbocycles. The van der Waals surface area contributed by atoms with Crippen molar-refractivity contribution in [2.24, 2.45) is 0 Å². The summed E-state index contributed by atoms with van der Waals surface area (Å²) in [6.07, 6.45) is -23.6. The number of unbranched alkanes of at least 4 members (excludes halogenated alkanes) is 1. The molecular formula is C26H45BrN2O18. The van der Waals surface area contributed by atoms with Crippen LogP contribution in [0.15, 0.2) is 0 Å². The summed E-state index contributed by atoms with van der Waals surface area (Å²) < 4.78 is 35.3. The van der Waals surface area contributed by atoms with Crippen LogP contribution < -0.4 is 9.66 Å². The Morgan fingerprint density at radius 3 is 1.70 bits per heavy atom. The van der Waals surface area contributed by atoms with Crippen molar-refractivity contribution in [2.45, 2.75) is 118 Å². The van der Waals surface area contributed by atoms with Gasteiger partial charge in [-0.25, -0.2) is 0 Å². The van der Waals surface area contributed by atoms with Crippen molar-refractivity contribution in [3.05, 3.63) is 0 Å². The van der Waals surface area contributed by atoms with Gasteiger partial charge in [0.1, 0.15) is 73.2 Å². The summed E-state index contributed by atoms with van der Waals surface area (Å²) in [6, 6.07) is 0. The van der Waals surface area contributed by atoms with Crippen LogP contribution in [0.2, 0.25) is 0 Å². The van der Waals surface area contributed by atoms with Crippen LogP contribution in [0.4, 0.5) is 0 Å². The lowest BCUT2D eigenvalue weighted by Gasteiger charge is -2.46. The van der Waals surface area contributed by atoms with Gasteiger partial charge in [0.2, 0.25) is 11.8 Å². The number of carbonyl (C=O) groups is 2.